The predicted molar refractivity (Wildman–Crippen MR) is 155 cm³/mol. The zero-order valence-corrected chi connectivity index (χ0v) is 23.5. The second kappa shape index (κ2) is 11.2. The molecule has 1 amide bonds. The fraction of sp³-hybridized carbons (Fsp3) is 0.345. The van der Waals surface area contributed by atoms with Crippen molar-refractivity contribution in [3.05, 3.63) is 98.6 Å². The van der Waals surface area contributed by atoms with Gasteiger partial charge in [-0.1, -0.05) is 35.9 Å². The van der Waals surface area contributed by atoms with E-state index in [1.54, 1.807) is 12.1 Å². The van der Waals surface area contributed by atoms with Crippen LogP contribution >= 0.6 is 35.0 Å². The molecule has 5 rings (SSSR count). The zero-order valence-electron chi connectivity index (χ0n) is 21.1. The minimum Gasteiger partial charge on any atom is -0.378 e. The van der Waals surface area contributed by atoms with Crippen LogP contribution in [0.5, 0.6) is 0 Å². The normalized spacial score (nSPS) is 23.7. The number of nitro groups is 1. The summed E-state index contributed by atoms with van der Waals surface area (Å²) in [6, 6.07) is 20.5. The topological polar surface area (TPSA) is 75.5 Å². The van der Waals surface area contributed by atoms with Gasteiger partial charge in [-0.2, -0.15) is 0 Å². The lowest BCUT2D eigenvalue weighted by atomic mass is 9.77. The summed E-state index contributed by atoms with van der Waals surface area (Å²) in [5.41, 5.74) is 3.85. The molecule has 1 N–H and O–H groups in total. The van der Waals surface area contributed by atoms with Gasteiger partial charge in [-0.15, -0.1) is 23.4 Å². The van der Waals surface area contributed by atoms with Crippen LogP contribution in [0.1, 0.15) is 53.7 Å². The number of nitrogens with zero attached hydrogens (tertiary/aromatic N) is 2. The molecule has 1 aliphatic carbocycles. The van der Waals surface area contributed by atoms with Gasteiger partial charge in [0, 0.05) is 46.6 Å². The van der Waals surface area contributed by atoms with Crippen molar-refractivity contribution < 1.29 is 9.72 Å². The third-order valence-electron chi connectivity index (χ3n) is 7.68. The summed E-state index contributed by atoms with van der Waals surface area (Å²) >= 11 is 14.9. The Kier molecular flexibility index (Phi) is 7.89. The highest BCUT2D eigenvalue weighted by atomic mass is 35.5. The molecule has 6 nitrogen and oxygen atoms in total. The summed E-state index contributed by atoms with van der Waals surface area (Å²) in [6.07, 6.45) is 0.767. The Hall–Kier alpha value is -2.74. The first-order valence-electron chi connectivity index (χ1n) is 12.8. The van der Waals surface area contributed by atoms with Gasteiger partial charge in [0.1, 0.15) is 0 Å². The van der Waals surface area contributed by atoms with Gasteiger partial charge in [0.05, 0.1) is 21.2 Å². The second-order valence-corrected chi connectivity index (χ2v) is 11.9. The Morgan fingerprint density at radius 2 is 1.82 bits per heavy atom. The molecule has 9 heteroatoms. The van der Waals surface area contributed by atoms with Gasteiger partial charge in [0.15, 0.2) is 0 Å². The van der Waals surface area contributed by atoms with E-state index in [1.807, 2.05) is 67.3 Å². The third kappa shape index (κ3) is 4.99. The van der Waals surface area contributed by atoms with Crippen molar-refractivity contribution in [3.63, 3.8) is 0 Å². The summed E-state index contributed by atoms with van der Waals surface area (Å²) in [4.78, 5) is 26.9. The quantitative estimate of drug-likeness (QED) is 0.178. The number of amides is 1. The highest BCUT2D eigenvalue weighted by Crippen LogP contribution is 2.58. The number of nitro benzene ring substituents is 1. The average Bonchev–Trinajstić information content (AvgIpc) is 3.25. The standard InChI is InChI=1S/C29H29Cl2N3O3S/c1-3-33(4-2)29(35)18-11-14-22-20(15-18)26-21(28(32-22)17-9-12-19(30)13-10-17)16-25(27(26)31)38-24-8-6-5-7-23(24)34(36)37/h5-15,21,25-28,32H,3-4,16H2,1-2H3/t21-,25-,26+,27-,28+/m1/s1. The maximum Gasteiger partial charge on any atom is 0.282 e. The number of carbonyl (C=O) groups is 1. The summed E-state index contributed by atoms with van der Waals surface area (Å²) < 4.78 is 0. The van der Waals surface area contributed by atoms with Crippen LogP contribution in [0.4, 0.5) is 11.4 Å². The second-order valence-electron chi connectivity index (χ2n) is 9.70. The van der Waals surface area contributed by atoms with Crippen LogP contribution in [-0.2, 0) is 0 Å². The number of fused-ring (bicyclic) bond motifs is 3. The summed E-state index contributed by atoms with van der Waals surface area (Å²) in [6.45, 7) is 5.24. The van der Waals surface area contributed by atoms with Crippen LogP contribution < -0.4 is 5.32 Å². The van der Waals surface area contributed by atoms with Crippen molar-refractivity contribution in [2.75, 3.05) is 18.4 Å². The molecular weight excluding hydrogens is 541 g/mol. The maximum absolute atomic E-state index is 13.2. The molecule has 0 spiro atoms. The van der Waals surface area contributed by atoms with E-state index in [0.717, 1.165) is 23.2 Å². The van der Waals surface area contributed by atoms with Crippen molar-refractivity contribution in [1.82, 2.24) is 4.90 Å². The number of alkyl halides is 1. The number of hydrogen-bond acceptors (Lipinski definition) is 5. The molecule has 3 aromatic carbocycles. The molecular formula is C29H29Cl2N3O3S. The smallest absolute Gasteiger partial charge is 0.282 e. The Morgan fingerprint density at radius 3 is 2.50 bits per heavy atom. The Morgan fingerprint density at radius 1 is 1.11 bits per heavy atom. The van der Waals surface area contributed by atoms with Gasteiger partial charge in [-0.3, -0.25) is 14.9 Å². The Balaban J connectivity index is 1.55. The number of halogens is 2. The van der Waals surface area contributed by atoms with Crippen molar-refractivity contribution in [1.29, 1.82) is 0 Å². The Labute approximate surface area is 236 Å². The van der Waals surface area contributed by atoms with E-state index in [1.165, 1.54) is 17.8 Å². The molecule has 5 atom stereocenters. The molecule has 0 radical (unpaired) electrons. The van der Waals surface area contributed by atoms with E-state index < -0.39 is 0 Å². The number of benzene rings is 3. The van der Waals surface area contributed by atoms with Gasteiger partial charge in [-0.25, -0.2) is 0 Å². The molecule has 1 aliphatic heterocycles. The van der Waals surface area contributed by atoms with Crippen molar-refractivity contribution in [3.8, 4) is 0 Å². The number of para-hydroxylation sites is 1. The molecule has 0 aromatic heterocycles. The minimum absolute atomic E-state index is 0.00382. The maximum atomic E-state index is 13.2. The molecule has 38 heavy (non-hydrogen) atoms. The van der Waals surface area contributed by atoms with Gasteiger partial charge >= 0.3 is 0 Å². The molecule has 198 valence electrons. The van der Waals surface area contributed by atoms with Crippen molar-refractivity contribution >= 4 is 52.2 Å². The third-order valence-corrected chi connectivity index (χ3v) is 10.0. The lowest BCUT2D eigenvalue weighted by Gasteiger charge is -2.38. The molecule has 1 heterocycles. The summed E-state index contributed by atoms with van der Waals surface area (Å²) in [5, 5.41) is 15.7. The summed E-state index contributed by atoms with van der Waals surface area (Å²) in [7, 11) is 0. The number of thioether (sulfide) groups is 1. The van der Waals surface area contributed by atoms with Crippen molar-refractivity contribution in [2.24, 2.45) is 5.92 Å². The largest absolute Gasteiger partial charge is 0.378 e. The highest BCUT2D eigenvalue weighted by molar-refractivity contribution is 8.00. The number of hydrogen-bond donors (Lipinski definition) is 1. The molecule has 0 unspecified atom stereocenters. The fourth-order valence-electron chi connectivity index (χ4n) is 5.81. The SMILES string of the molecule is CCN(CC)C(=O)c1ccc2c(c1)[C@@H]1[C@H](Cl)[C@H](Sc3ccccc3[N+](=O)[O-])C[C@H]1[C@H](c1ccc(Cl)cc1)N2. The molecule has 2 aliphatic rings. The number of anilines is 1. The van der Waals surface area contributed by atoms with E-state index in [-0.39, 0.29) is 45.0 Å². The van der Waals surface area contributed by atoms with Gasteiger partial charge in [-0.05, 0) is 73.7 Å². The summed E-state index contributed by atoms with van der Waals surface area (Å²) in [5.74, 6) is 0.104. The predicted octanol–water partition coefficient (Wildman–Crippen LogP) is 7.77. The number of nitrogens with one attached hydrogen (secondary N) is 1. The van der Waals surface area contributed by atoms with E-state index in [4.69, 9.17) is 23.2 Å². The van der Waals surface area contributed by atoms with E-state index >= 15 is 0 Å². The van der Waals surface area contributed by atoms with Crippen LogP contribution in [0.3, 0.4) is 0 Å². The number of carbonyl (C=O) groups excluding carboxylic acids is 1. The first-order chi connectivity index (χ1) is 18.3. The lowest BCUT2D eigenvalue weighted by molar-refractivity contribution is -0.387. The van der Waals surface area contributed by atoms with E-state index in [2.05, 4.69) is 5.32 Å². The molecule has 3 aromatic rings. The molecule has 0 bridgehead atoms. The first kappa shape index (κ1) is 26.9. The molecule has 1 fully saturated rings. The Bertz CT molecular complexity index is 1350. The van der Waals surface area contributed by atoms with Crippen LogP contribution in [0, 0.1) is 16.0 Å². The van der Waals surface area contributed by atoms with Crippen LogP contribution in [-0.4, -0.2) is 39.4 Å². The first-order valence-corrected chi connectivity index (χ1v) is 14.5. The molecule has 0 saturated heterocycles. The monoisotopic (exact) mass is 569 g/mol. The average molecular weight is 571 g/mol. The van der Waals surface area contributed by atoms with E-state index in [9.17, 15) is 14.9 Å². The van der Waals surface area contributed by atoms with Gasteiger partial charge < -0.3 is 10.2 Å². The van der Waals surface area contributed by atoms with Crippen molar-refractivity contribution in [2.45, 2.75) is 47.8 Å². The lowest BCUT2D eigenvalue weighted by Crippen LogP contribution is -2.33. The fourth-order valence-corrected chi connectivity index (χ4v) is 7.88. The highest BCUT2D eigenvalue weighted by Gasteiger charge is 2.50. The van der Waals surface area contributed by atoms with Crippen LogP contribution in [0.2, 0.25) is 5.02 Å². The van der Waals surface area contributed by atoms with Crippen LogP contribution in [0.15, 0.2) is 71.6 Å². The van der Waals surface area contributed by atoms with E-state index in [0.29, 0.717) is 28.6 Å². The zero-order chi connectivity index (χ0) is 27.0. The van der Waals surface area contributed by atoms with Gasteiger partial charge in [0.2, 0.25) is 0 Å². The van der Waals surface area contributed by atoms with Crippen LogP contribution in [0.25, 0.3) is 0 Å². The van der Waals surface area contributed by atoms with Gasteiger partial charge in [0.25, 0.3) is 11.6 Å². The number of rotatable bonds is 7. The minimum atomic E-state index is -0.341. The molecule has 1 saturated carbocycles.